The summed E-state index contributed by atoms with van der Waals surface area (Å²) in [4.78, 5) is 30.0. The second-order valence-electron chi connectivity index (χ2n) is 11.4. The van der Waals surface area contributed by atoms with Gasteiger partial charge in [-0.25, -0.2) is 8.42 Å². The number of ether oxygens (including phenoxy) is 2. The predicted octanol–water partition coefficient (Wildman–Crippen LogP) is 5.76. The predicted molar refractivity (Wildman–Crippen MR) is 184 cm³/mol. The van der Waals surface area contributed by atoms with E-state index in [1.165, 1.54) is 37.3 Å². The van der Waals surface area contributed by atoms with E-state index < -0.39 is 28.5 Å². The molecule has 2 atom stereocenters. The van der Waals surface area contributed by atoms with Crippen LogP contribution in [0.15, 0.2) is 108 Å². The Balaban J connectivity index is 1.81. The lowest BCUT2D eigenvalue weighted by atomic mass is 10.0. The summed E-state index contributed by atoms with van der Waals surface area (Å²) in [6.07, 6.45) is 0.954. The van der Waals surface area contributed by atoms with Gasteiger partial charge in [-0.3, -0.25) is 13.9 Å². The Morgan fingerprint density at radius 2 is 1.45 bits per heavy atom. The molecule has 1 N–H and O–H groups in total. The number of nitrogens with one attached hydrogen (secondary N) is 1. The lowest BCUT2D eigenvalue weighted by Crippen LogP contribution is -2.54. The zero-order valence-corrected chi connectivity index (χ0v) is 28.4. The molecule has 0 aliphatic heterocycles. The molecule has 0 aliphatic rings. The molecule has 0 aromatic heterocycles. The molecule has 2 unspecified atom stereocenters. The minimum Gasteiger partial charge on any atom is -0.493 e. The number of sulfonamides is 1. The van der Waals surface area contributed by atoms with Crippen LogP contribution in [0.3, 0.4) is 0 Å². The standard InChI is InChI=1S/C37H43N3O6S/c1-6-28(3)38-37(42)33(23-29-15-9-7-10-16-29)39(25-30-17-13-14-27(2)22-30)36(41)26-40(31-18-11-8-12-19-31)47(43,44)32-20-21-34(45-4)35(24-32)46-5/h7-22,24,28,33H,6,23,25-26H2,1-5H3,(H,38,42). The summed E-state index contributed by atoms with van der Waals surface area (Å²) in [6.45, 7) is 5.40. The number of methoxy groups -OCH3 is 2. The molecule has 0 saturated heterocycles. The summed E-state index contributed by atoms with van der Waals surface area (Å²) in [5.41, 5.74) is 2.99. The van der Waals surface area contributed by atoms with Crippen LogP contribution in [-0.4, -0.2) is 58.0 Å². The van der Waals surface area contributed by atoms with E-state index in [0.29, 0.717) is 17.9 Å². The first-order valence-electron chi connectivity index (χ1n) is 15.6. The van der Waals surface area contributed by atoms with Crippen LogP contribution < -0.4 is 19.1 Å². The number of amides is 2. The van der Waals surface area contributed by atoms with E-state index in [9.17, 15) is 18.0 Å². The van der Waals surface area contributed by atoms with Crippen molar-refractivity contribution in [2.45, 2.75) is 57.1 Å². The molecule has 2 amide bonds. The molecule has 0 spiro atoms. The first kappa shape index (κ1) is 35.0. The van der Waals surface area contributed by atoms with Crippen molar-refractivity contribution in [2.75, 3.05) is 25.1 Å². The molecule has 0 bridgehead atoms. The van der Waals surface area contributed by atoms with Gasteiger partial charge in [0.1, 0.15) is 12.6 Å². The zero-order valence-electron chi connectivity index (χ0n) is 27.6. The number of carbonyl (C=O) groups is 2. The fourth-order valence-electron chi connectivity index (χ4n) is 5.23. The van der Waals surface area contributed by atoms with Crippen molar-refractivity contribution in [3.05, 3.63) is 120 Å². The topological polar surface area (TPSA) is 105 Å². The summed E-state index contributed by atoms with van der Waals surface area (Å²) in [7, 11) is -1.41. The molecule has 47 heavy (non-hydrogen) atoms. The molecule has 4 aromatic rings. The van der Waals surface area contributed by atoms with Gasteiger partial charge in [0.2, 0.25) is 11.8 Å². The lowest BCUT2D eigenvalue weighted by Gasteiger charge is -2.34. The number of anilines is 1. The molecule has 0 saturated carbocycles. The van der Waals surface area contributed by atoms with Crippen LogP contribution in [0.4, 0.5) is 5.69 Å². The number of carbonyl (C=O) groups excluding carboxylic acids is 2. The van der Waals surface area contributed by atoms with E-state index in [2.05, 4.69) is 5.32 Å². The fraction of sp³-hybridized carbons (Fsp3) is 0.297. The first-order chi connectivity index (χ1) is 22.6. The number of hydrogen-bond acceptors (Lipinski definition) is 6. The average Bonchev–Trinajstić information content (AvgIpc) is 3.08. The molecule has 4 rings (SSSR count). The Morgan fingerprint density at radius 1 is 0.809 bits per heavy atom. The van der Waals surface area contributed by atoms with E-state index in [1.54, 1.807) is 30.3 Å². The van der Waals surface area contributed by atoms with Crippen LogP contribution in [0.5, 0.6) is 11.5 Å². The van der Waals surface area contributed by atoms with Gasteiger partial charge in [0.15, 0.2) is 11.5 Å². The number of benzene rings is 4. The Labute approximate surface area is 278 Å². The van der Waals surface area contributed by atoms with Gasteiger partial charge >= 0.3 is 0 Å². The minimum atomic E-state index is -4.30. The Bertz CT molecular complexity index is 1750. The second kappa shape index (κ2) is 16.1. The molecular weight excluding hydrogens is 614 g/mol. The van der Waals surface area contributed by atoms with Gasteiger partial charge in [0.25, 0.3) is 10.0 Å². The highest BCUT2D eigenvalue weighted by molar-refractivity contribution is 7.92. The highest BCUT2D eigenvalue weighted by Gasteiger charge is 2.35. The molecule has 10 heteroatoms. The van der Waals surface area contributed by atoms with Crippen LogP contribution in [0.2, 0.25) is 0 Å². The van der Waals surface area contributed by atoms with Gasteiger partial charge in [0, 0.05) is 25.1 Å². The van der Waals surface area contributed by atoms with Crippen molar-refractivity contribution in [1.29, 1.82) is 0 Å². The third kappa shape index (κ3) is 8.92. The Morgan fingerprint density at radius 3 is 2.06 bits per heavy atom. The molecular formula is C37H43N3O6S. The number of para-hydroxylation sites is 1. The van der Waals surface area contributed by atoms with E-state index in [0.717, 1.165) is 21.0 Å². The van der Waals surface area contributed by atoms with Gasteiger partial charge in [-0.2, -0.15) is 0 Å². The van der Waals surface area contributed by atoms with E-state index in [-0.39, 0.29) is 35.6 Å². The van der Waals surface area contributed by atoms with Crippen LogP contribution in [0.1, 0.15) is 37.0 Å². The lowest BCUT2D eigenvalue weighted by molar-refractivity contribution is -0.140. The maximum absolute atomic E-state index is 14.6. The third-order valence-electron chi connectivity index (χ3n) is 7.97. The molecule has 248 valence electrons. The van der Waals surface area contributed by atoms with Gasteiger partial charge in [-0.1, -0.05) is 85.3 Å². The van der Waals surface area contributed by atoms with Crippen LogP contribution in [-0.2, 0) is 32.6 Å². The summed E-state index contributed by atoms with van der Waals surface area (Å²) in [5.74, 6) is -0.231. The largest absolute Gasteiger partial charge is 0.493 e. The first-order valence-corrected chi connectivity index (χ1v) is 17.0. The molecule has 4 aromatic carbocycles. The van der Waals surface area contributed by atoms with Crippen LogP contribution >= 0.6 is 0 Å². The van der Waals surface area contributed by atoms with Crippen molar-refractivity contribution in [2.24, 2.45) is 0 Å². The van der Waals surface area contributed by atoms with E-state index in [1.807, 2.05) is 75.4 Å². The van der Waals surface area contributed by atoms with E-state index >= 15 is 0 Å². The molecule has 0 radical (unpaired) electrons. The highest BCUT2D eigenvalue weighted by atomic mass is 32.2. The van der Waals surface area contributed by atoms with Crippen molar-refractivity contribution in [3.8, 4) is 11.5 Å². The quantitative estimate of drug-likeness (QED) is 0.174. The van der Waals surface area contributed by atoms with Crippen LogP contribution in [0, 0.1) is 6.92 Å². The number of aryl methyl sites for hydroxylation is 1. The van der Waals surface area contributed by atoms with Crippen molar-refractivity contribution >= 4 is 27.5 Å². The van der Waals surface area contributed by atoms with Gasteiger partial charge in [-0.15, -0.1) is 0 Å². The SMILES string of the molecule is CCC(C)NC(=O)C(Cc1ccccc1)N(Cc1cccc(C)c1)C(=O)CN(c1ccccc1)S(=O)(=O)c1ccc(OC)c(OC)c1. The zero-order chi connectivity index (χ0) is 34.0. The average molecular weight is 658 g/mol. The van der Waals surface area contributed by atoms with Crippen LogP contribution in [0.25, 0.3) is 0 Å². The minimum absolute atomic E-state index is 0.0765. The maximum atomic E-state index is 14.6. The summed E-state index contributed by atoms with van der Waals surface area (Å²) in [5, 5.41) is 3.06. The van der Waals surface area contributed by atoms with Crippen molar-refractivity contribution < 1.29 is 27.5 Å². The fourth-order valence-corrected chi connectivity index (χ4v) is 6.66. The number of rotatable bonds is 15. The van der Waals surface area contributed by atoms with Gasteiger partial charge in [-0.05, 0) is 55.7 Å². The Hall–Kier alpha value is -4.83. The normalized spacial score (nSPS) is 12.4. The number of hydrogen-bond donors (Lipinski definition) is 1. The van der Waals surface area contributed by atoms with E-state index in [4.69, 9.17) is 9.47 Å². The second-order valence-corrected chi connectivity index (χ2v) is 13.3. The molecule has 0 heterocycles. The highest BCUT2D eigenvalue weighted by Crippen LogP contribution is 2.32. The third-order valence-corrected chi connectivity index (χ3v) is 9.74. The maximum Gasteiger partial charge on any atom is 0.264 e. The summed E-state index contributed by atoms with van der Waals surface area (Å²) < 4.78 is 40.4. The van der Waals surface area contributed by atoms with Gasteiger partial charge in [0.05, 0.1) is 24.8 Å². The van der Waals surface area contributed by atoms with Crippen molar-refractivity contribution in [3.63, 3.8) is 0 Å². The van der Waals surface area contributed by atoms with Crippen molar-refractivity contribution in [1.82, 2.24) is 10.2 Å². The smallest absolute Gasteiger partial charge is 0.264 e. The molecule has 0 aliphatic carbocycles. The number of nitrogens with zero attached hydrogens (tertiary/aromatic N) is 2. The summed E-state index contributed by atoms with van der Waals surface area (Å²) in [6, 6.07) is 28.9. The molecule has 0 fully saturated rings. The van der Waals surface area contributed by atoms with Gasteiger partial charge < -0.3 is 19.7 Å². The summed E-state index contributed by atoms with van der Waals surface area (Å²) >= 11 is 0. The molecule has 9 nitrogen and oxygen atoms in total. The Kier molecular flexibility index (Phi) is 12.0. The monoisotopic (exact) mass is 657 g/mol.